The lowest BCUT2D eigenvalue weighted by molar-refractivity contribution is 0.0911. The van der Waals surface area contributed by atoms with Gasteiger partial charge in [0.05, 0.1) is 18.5 Å². The number of Topliss-reactive ketones (excluding diaryl/α,β-unsaturated/α-hetero) is 1. The molecule has 3 N–H and O–H groups in total. The number of hydrogen-bond acceptors (Lipinski definition) is 9. The number of methoxy groups -OCH3 is 1. The van der Waals surface area contributed by atoms with Crippen molar-refractivity contribution in [1.29, 1.82) is 0 Å². The Hall–Kier alpha value is -4.15. The fraction of sp³-hybridized carbons (Fsp3) is 0.207. The third kappa shape index (κ3) is 4.55. The zero-order valence-corrected chi connectivity index (χ0v) is 23.2. The summed E-state index contributed by atoms with van der Waals surface area (Å²) in [5, 5.41) is 3.83. The number of nitrogens with zero attached hydrogens (tertiary/aromatic N) is 3. The van der Waals surface area contributed by atoms with Gasteiger partial charge in [-0.1, -0.05) is 56.3 Å². The van der Waals surface area contributed by atoms with Gasteiger partial charge in [-0.2, -0.15) is 9.36 Å². The van der Waals surface area contributed by atoms with Gasteiger partial charge < -0.3 is 10.5 Å². The molecule has 6 rings (SSSR count). The summed E-state index contributed by atoms with van der Waals surface area (Å²) in [6, 6.07) is 17.1. The predicted molar refractivity (Wildman–Crippen MR) is 156 cm³/mol. The number of benzene rings is 2. The molecule has 39 heavy (non-hydrogen) atoms. The van der Waals surface area contributed by atoms with Crippen molar-refractivity contribution in [3.05, 3.63) is 70.7 Å². The van der Waals surface area contributed by atoms with Gasteiger partial charge in [0.15, 0.2) is 11.6 Å². The number of nitrogen functional groups attached to an aromatic ring is 1. The maximum Gasteiger partial charge on any atom is 0.269 e. The van der Waals surface area contributed by atoms with Crippen LogP contribution in [0.5, 0.6) is 5.75 Å². The average molecular weight is 556 g/mol. The second kappa shape index (κ2) is 9.55. The summed E-state index contributed by atoms with van der Waals surface area (Å²) in [6.07, 6.45) is 1.06. The highest BCUT2D eigenvalue weighted by Gasteiger charge is 2.36. The summed E-state index contributed by atoms with van der Waals surface area (Å²) in [7, 11) is 1.61. The monoisotopic (exact) mass is 555 g/mol. The summed E-state index contributed by atoms with van der Waals surface area (Å²) in [5.74, 6) is 0.880. The number of hydrogen-bond donors (Lipinski definition) is 2. The Morgan fingerprint density at radius 1 is 1.00 bits per heavy atom. The Kier molecular flexibility index (Phi) is 6.16. The van der Waals surface area contributed by atoms with Crippen molar-refractivity contribution in [1.82, 2.24) is 14.3 Å². The van der Waals surface area contributed by atoms with Crippen LogP contribution in [-0.2, 0) is 6.42 Å². The number of pyridine rings is 1. The fourth-order valence-electron chi connectivity index (χ4n) is 5.01. The van der Waals surface area contributed by atoms with Gasteiger partial charge in [-0.25, -0.2) is 4.98 Å². The highest BCUT2D eigenvalue weighted by Crippen LogP contribution is 2.46. The first-order valence-electron chi connectivity index (χ1n) is 12.4. The molecule has 0 saturated heterocycles. The van der Waals surface area contributed by atoms with Gasteiger partial charge in [0.2, 0.25) is 5.13 Å². The van der Waals surface area contributed by atoms with Crippen molar-refractivity contribution in [2.24, 2.45) is 5.41 Å². The van der Waals surface area contributed by atoms with E-state index in [1.54, 1.807) is 7.11 Å². The van der Waals surface area contributed by atoms with Crippen LogP contribution >= 0.6 is 22.9 Å². The maximum atomic E-state index is 13.5. The molecular formula is C29H25N5O3S2. The van der Waals surface area contributed by atoms with Crippen LogP contribution in [0.4, 0.5) is 10.8 Å². The molecule has 0 saturated carbocycles. The van der Waals surface area contributed by atoms with Gasteiger partial charge in [-0.15, -0.1) is 11.3 Å². The first kappa shape index (κ1) is 25.1. The molecule has 1 aliphatic carbocycles. The lowest BCUT2D eigenvalue weighted by Gasteiger charge is -2.31. The van der Waals surface area contributed by atoms with Crippen LogP contribution in [0.1, 0.15) is 46.0 Å². The minimum absolute atomic E-state index is 0.0281. The van der Waals surface area contributed by atoms with Crippen LogP contribution in [0.25, 0.3) is 32.7 Å². The molecule has 8 nitrogen and oxygen atoms in total. The molecule has 2 aromatic carbocycles. The van der Waals surface area contributed by atoms with Crippen molar-refractivity contribution in [2.45, 2.75) is 26.7 Å². The first-order valence-corrected chi connectivity index (χ1v) is 14.0. The van der Waals surface area contributed by atoms with E-state index >= 15 is 0 Å². The van der Waals surface area contributed by atoms with Crippen molar-refractivity contribution >= 4 is 55.6 Å². The largest absolute Gasteiger partial charge is 0.497 e. The van der Waals surface area contributed by atoms with Gasteiger partial charge in [-0.05, 0) is 29.5 Å². The number of nitrogens with one attached hydrogen (secondary N) is 1. The summed E-state index contributed by atoms with van der Waals surface area (Å²) in [6.45, 7) is 4.14. The molecule has 196 valence electrons. The van der Waals surface area contributed by atoms with Gasteiger partial charge in [0.1, 0.15) is 15.5 Å². The fourth-order valence-corrected chi connectivity index (χ4v) is 6.62. The molecular weight excluding hydrogens is 530 g/mol. The first-order chi connectivity index (χ1) is 18.7. The van der Waals surface area contributed by atoms with Crippen LogP contribution in [0.3, 0.4) is 0 Å². The van der Waals surface area contributed by atoms with E-state index in [0.29, 0.717) is 61.5 Å². The number of fused-ring (bicyclic) bond motifs is 2. The number of carbonyl (C=O) groups excluding carboxylic acids is 2. The van der Waals surface area contributed by atoms with Crippen molar-refractivity contribution in [3.63, 3.8) is 0 Å². The van der Waals surface area contributed by atoms with Gasteiger partial charge in [0.25, 0.3) is 5.91 Å². The quantitative estimate of drug-likeness (QED) is 0.255. The molecule has 0 bridgehead atoms. The SMILES string of the molecule is COc1ccc(-c2c3c(nc4sc(C(=O)Nc5nc(-c6ccccc6)ns5)c(N)c24)CC(C)(C)CC3=O)cc1. The second-order valence-corrected chi connectivity index (χ2v) is 12.0. The predicted octanol–water partition coefficient (Wildman–Crippen LogP) is 6.48. The number of aromatic nitrogens is 3. The highest BCUT2D eigenvalue weighted by atomic mass is 32.1. The number of carbonyl (C=O) groups is 2. The Morgan fingerprint density at radius 3 is 2.46 bits per heavy atom. The van der Waals surface area contributed by atoms with E-state index in [2.05, 4.69) is 28.5 Å². The summed E-state index contributed by atoms with van der Waals surface area (Å²) >= 11 is 2.32. The van der Waals surface area contributed by atoms with E-state index in [1.807, 2.05) is 54.6 Å². The molecule has 0 fully saturated rings. The van der Waals surface area contributed by atoms with Crippen LogP contribution < -0.4 is 15.8 Å². The van der Waals surface area contributed by atoms with Gasteiger partial charge >= 0.3 is 0 Å². The van der Waals surface area contributed by atoms with Gasteiger partial charge in [-0.3, -0.25) is 14.9 Å². The molecule has 0 atom stereocenters. The van der Waals surface area contributed by atoms with E-state index in [1.165, 1.54) is 11.3 Å². The van der Waals surface area contributed by atoms with Crippen molar-refractivity contribution in [2.75, 3.05) is 18.2 Å². The van der Waals surface area contributed by atoms with E-state index in [9.17, 15) is 9.59 Å². The Bertz CT molecular complexity index is 1740. The van der Waals surface area contributed by atoms with Crippen LogP contribution in [0.2, 0.25) is 0 Å². The topological polar surface area (TPSA) is 120 Å². The molecule has 0 spiro atoms. The molecule has 5 aromatic rings. The van der Waals surface area contributed by atoms with E-state index in [0.717, 1.165) is 28.4 Å². The van der Waals surface area contributed by atoms with E-state index in [4.69, 9.17) is 15.5 Å². The Morgan fingerprint density at radius 2 is 1.74 bits per heavy atom. The van der Waals surface area contributed by atoms with Crippen LogP contribution in [-0.4, -0.2) is 33.1 Å². The third-order valence-corrected chi connectivity index (χ3v) is 8.51. The second-order valence-electron chi connectivity index (χ2n) is 10.2. The summed E-state index contributed by atoms with van der Waals surface area (Å²) in [5.41, 5.74) is 10.5. The Labute approximate surface area is 233 Å². The number of rotatable bonds is 5. The lowest BCUT2D eigenvalue weighted by atomic mass is 9.73. The number of ketones is 1. The average Bonchev–Trinajstić information content (AvgIpc) is 3.51. The minimum Gasteiger partial charge on any atom is -0.497 e. The molecule has 3 heterocycles. The summed E-state index contributed by atoms with van der Waals surface area (Å²) < 4.78 is 9.70. The Balaban J connectivity index is 1.45. The molecule has 0 aliphatic heterocycles. The zero-order valence-electron chi connectivity index (χ0n) is 21.6. The van der Waals surface area contributed by atoms with Crippen LogP contribution in [0.15, 0.2) is 54.6 Å². The molecule has 10 heteroatoms. The van der Waals surface area contributed by atoms with Gasteiger partial charge in [0, 0.05) is 40.0 Å². The standard InChI is InChI=1S/C29H25N5O3S2/c1-29(2)13-18-21(19(35)14-29)20(15-9-11-17(37-3)12-10-15)22-23(30)24(38-27(22)31-18)26(36)33-28-32-25(34-39-28)16-7-5-4-6-8-16/h4-12H,13-14,30H2,1-3H3,(H,32,33,34,36). The number of amides is 1. The number of ether oxygens (including phenoxy) is 1. The lowest BCUT2D eigenvalue weighted by Crippen LogP contribution is -2.28. The smallest absolute Gasteiger partial charge is 0.269 e. The normalized spacial score (nSPS) is 14.3. The maximum absolute atomic E-state index is 13.5. The molecule has 1 aliphatic rings. The van der Waals surface area contributed by atoms with Crippen molar-refractivity contribution in [3.8, 4) is 28.3 Å². The minimum atomic E-state index is -0.392. The number of thiophene rings is 1. The number of nitrogens with two attached hydrogens (primary N) is 1. The third-order valence-electron chi connectivity index (χ3n) is 6.78. The molecule has 0 radical (unpaired) electrons. The van der Waals surface area contributed by atoms with Crippen molar-refractivity contribution < 1.29 is 14.3 Å². The summed E-state index contributed by atoms with van der Waals surface area (Å²) in [4.78, 5) is 37.2. The van der Waals surface area contributed by atoms with E-state index < -0.39 is 5.91 Å². The molecule has 1 amide bonds. The molecule has 0 unspecified atom stereocenters. The highest BCUT2D eigenvalue weighted by molar-refractivity contribution is 7.21. The zero-order chi connectivity index (χ0) is 27.3. The van der Waals surface area contributed by atoms with Crippen LogP contribution in [0, 0.1) is 5.41 Å². The molecule has 3 aromatic heterocycles. The van der Waals surface area contributed by atoms with E-state index in [-0.39, 0.29) is 11.2 Å². The number of anilines is 2.